The van der Waals surface area contributed by atoms with E-state index >= 15 is 0 Å². The first-order chi connectivity index (χ1) is 1.91. The van der Waals surface area contributed by atoms with Crippen LogP contribution in [0.25, 0.3) is 0 Å². The fraction of sp³-hybridized carbons (Fsp3) is 0. The van der Waals surface area contributed by atoms with E-state index in [0.29, 0.717) is 0 Å². The first-order valence-corrected chi connectivity index (χ1v) is 1.15. The van der Waals surface area contributed by atoms with Gasteiger partial charge in [-0.3, -0.25) is 0 Å². The van der Waals surface area contributed by atoms with Gasteiger partial charge in [-0.2, -0.15) is 0 Å². The average Bonchev–Trinajstić information content (AvgIpc) is 1.37. The van der Waals surface area contributed by atoms with E-state index in [0.717, 1.165) is 0 Å². The maximum absolute atomic E-state index is 3.36. The van der Waals surface area contributed by atoms with Crippen molar-refractivity contribution in [2.75, 3.05) is 0 Å². The molecule has 0 atom stereocenters. The van der Waals surface area contributed by atoms with Gasteiger partial charge in [0.1, 0.15) is 0 Å². The molecule has 0 N–H and O–H groups in total. The molecule has 0 heterocycles. The van der Waals surface area contributed by atoms with Crippen molar-refractivity contribution in [3.8, 4) is 0 Å². The summed E-state index contributed by atoms with van der Waals surface area (Å²) >= 11 is 0. The first kappa shape index (κ1) is 9.08. The maximum atomic E-state index is 3.36. The standard InChI is InChI=1S/C4H6.Na.H/c1-3-4-2;;/h3-4H,1-2H2;;. The van der Waals surface area contributed by atoms with E-state index in [1.54, 1.807) is 12.2 Å². The third kappa shape index (κ3) is 12.6. The molecule has 1 heteroatoms. The van der Waals surface area contributed by atoms with Gasteiger partial charge in [-0.15, -0.1) is 0 Å². The Morgan fingerprint density at radius 1 is 1.00 bits per heavy atom. The Kier molecular flexibility index (Phi) is 16.0. The molecule has 0 amide bonds. The molecule has 5 heavy (non-hydrogen) atoms. The van der Waals surface area contributed by atoms with Crippen LogP contribution in [0.1, 0.15) is 0 Å². The van der Waals surface area contributed by atoms with Crippen molar-refractivity contribution in [1.29, 1.82) is 0 Å². The topological polar surface area (TPSA) is 0 Å². The van der Waals surface area contributed by atoms with Crippen LogP contribution in [0.15, 0.2) is 25.3 Å². The van der Waals surface area contributed by atoms with E-state index in [1.165, 1.54) is 0 Å². The molecule has 0 aliphatic heterocycles. The summed E-state index contributed by atoms with van der Waals surface area (Å²) in [4.78, 5) is 0. The summed E-state index contributed by atoms with van der Waals surface area (Å²) in [7, 11) is 0. The fourth-order valence-electron chi connectivity index (χ4n) is 0. The summed E-state index contributed by atoms with van der Waals surface area (Å²) < 4.78 is 0. The zero-order chi connectivity index (χ0) is 3.41. The van der Waals surface area contributed by atoms with E-state index < -0.39 is 0 Å². The molecule has 0 aromatic rings. The molecule has 0 aliphatic rings. The molecular weight excluding hydrogens is 71.0 g/mol. The summed E-state index contributed by atoms with van der Waals surface area (Å²) in [6.07, 6.45) is 3.28. The van der Waals surface area contributed by atoms with Crippen LogP contribution in [-0.2, 0) is 0 Å². The van der Waals surface area contributed by atoms with Crippen LogP contribution in [-0.4, -0.2) is 29.6 Å². The summed E-state index contributed by atoms with van der Waals surface area (Å²) in [5, 5.41) is 0. The van der Waals surface area contributed by atoms with Gasteiger partial charge in [0.05, 0.1) is 0 Å². The second-order valence-electron chi connectivity index (χ2n) is 0.471. The van der Waals surface area contributed by atoms with Gasteiger partial charge in [0.25, 0.3) is 0 Å². The van der Waals surface area contributed by atoms with Crippen LogP contribution < -0.4 is 0 Å². The molecule has 24 valence electrons. The van der Waals surface area contributed by atoms with Crippen LogP contribution in [0.4, 0.5) is 0 Å². The minimum absolute atomic E-state index is 0. The van der Waals surface area contributed by atoms with Gasteiger partial charge in [0.15, 0.2) is 0 Å². The zero-order valence-electron chi connectivity index (χ0n) is 2.57. The predicted octanol–water partition coefficient (Wildman–Crippen LogP) is 0.710. The Bertz CT molecular complexity index is 24.6. The van der Waals surface area contributed by atoms with E-state index in [2.05, 4.69) is 13.2 Å². The molecule has 0 aliphatic carbocycles. The number of hydrogen-bond acceptors (Lipinski definition) is 0. The van der Waals surface area contributed by atoms with Gasteiger partial charge in [-0.1, -0.05) is 25.3 Å². The van der Waals surface area contributed by atoms with Crippen molar-refractivity contribution in [2.45, 2.75) is 0 Å². The molecule has 0 nitrogen and oxygen atoms in total. The van der Waals surface area contributed by atoms with Crippen LogP contribution in [0.2, 0.25) is 0 Å². The van der Waals surface area contributed by atoms with Gasteiger partial charge >= 0.3 is 29.6 Å². The van der Waals surface area contributed by atoms with Crippen molar-refractivity contribution in [3.05, 3.63) is 25.3 Å². The van der Waals surface area contributed by atoms with Gasteiger partial charge in [0.2, 0.25) is 0 Å². The summed E-state index contributed by atoms with van der Waals surface area (Å²) in [6, 6.07) is 0. The quantitative estimate of drug-likeness (QED) is 0.320. The summed E-state index contributed by atoms with van der Waals surface area (Å²) in [5.74, 6) is 0. The Morgan fingerprint density at radius 3 is 1.20 bits per heavy atom. The Labute approximate surface area is 54.9 Å². The molecule has 0 rings (SSSR count). The van der Waals surface area contributed by atoms with E-state index in [-0.39, 0.29) is 29.6 Å². The van der Waals surface area contributed by atoms with Crippen molar-refractivity contribution >= 4 is 29.6 Å². The molecule has 0 aromatic carbocycles. The van der Waals surface area contributed by atoms with Crippen molar-refractivity contribution in [3.63, 3.8) is 0 Å². The Morgan fingerprint density at radius 2 is 1.20 bits per heavy atom. The fourth-order valence-corrected chi connectivity index (χ4v) is 0. The molecule has 0 saturated heterocycles. The van der Waals surface area contributed by atoms with Crippen LogP contribution >= 0.6 is 0 Å². The molecule has 0 fully saturated rings. The van der Waals surface area contributed by atoms with Gasteiger partial charge in [-0.25, -0.2) is 0 Å². The molecule has 0 spiro atoms. The molecule has 0 radical (unpaired) electrons. The zero-order valence-corrected chi connectivity index (χ0v) is 2.57. The van der Waals surface area contributed by atoms with Crippen molar-refractivity contribution < 1.29 is 0 Å². The number of allylic oxidation sites excluding steroid dienone is 2. The van der Waals surface area contributed by atoms with Crippen molar-refractivity contribution in [1.82, 2.24) is 0 Å². The summed E-state index contributed by atoms with van der Waals surface area (Å²) in [6.45, 7) is 6.72. The number of hydrogen-bond donors (Lipinski definition) is 0. The Hall–Kier alpha value is 0.480. The molecule has 0 unspecified atom stereocenters. The predicted molar refractivity (Wildman–Crippen MR) is 27.5 cm³/mol. The molecule has 0 bridgehead atoms. The second kappa shape index (κ2) is 8.82. The van der Waals surface area contributed by atoms with E-state index in [4.69, 9.17) is 0 Å². The normalized spacial score (nSPS) is 4.00. The van der Waals surface area contributed by atoms with Crippen LogP contribution in [0.3, 0.4) is 0 Å². The average molecular weight is 78.1 g/mol. The summed E-state index contributed by atoms with van der Waals surface area (Å²) in [5.41, 5.74) is 0. The van der Waals surface area contributed by atoms with Gasteiger partial charge in [-0.05, 0) is 0 Å². The first-order valence-electron chi connectivity index (χ1n) is 1.15. The number of rotatable bonds is 1. The Balaban J connectivity index is 0. The second-order valence-corrected chi connectivity index (χ2v) is 0.471. The van der Waals surface area contributed by atoms with Crippen LogP contribution in [0, 0.1) is 0 Å². The van der Waals surface area contributed by atoms with Gasteiger partial charge < -0.3 is 0 Å². The third-order valence-electron chi connectivity index (χ3n) is 0.167. The molecular formula is C4H7Na. The van der Waals surface area contributed by atoms with Gasteiger partial charge in [0, 0.05) is 0 Å². The SMILES string of the molecule is C=CC=C.[NaH]. The minimum atomic E-state index is 0. The molecule has 0 aromatic heterocycles. The van der Waals surface area contributed by atoms with Crippen molar-refractivity contribution in [2.24, 2.45) is 0 Å². The third-order valence-corrected chi connectivity index (χ3v) is 0.167. The van der Waals surface area contributed by atoms with Crippen LogP contribution in [0.5, 0.6) is 0 Å². The molecule has 0 saturated carbocycles. The van der Waals surface area contributed by atoms with E-state index in [1.807, 2.05) is 0 Å². The van der Waals surface area contributed by atoms with E-state index in [9.17, 15) is 0 Å². The monoisotopic (exact) mass is 78.0 g/mol.